The highest BCUT2D eigenvalue weighted by Crippen LogP contribution is 2.28. The third kappa shape index (κ3) is 3.31. The van der Waals surface area contributed by atoms with Crippen LogP contribution in [0.5, 0.6) is 0 Å². The van der Waals surface area contributed by atoms with Crippen molar-refractivity contribution in [2.45, 2.75) is 25.3 Å². The molecule has 1 aliphatic carbocycles. The monoisotopic (exact) mass is 267 g/mol. The first-order valence-electron chi connectivity index (χ1n) is 6.17. The van der Waals surface area contributed by atoms with Crippen molar-refractivity contribution in [1.82, 2.24) is 15.1 Å². The third-order valence-electron chi connectivity index (χ3n) is 3.17. The van der Waals surface area contributed by atoms with Crippen LogP contribution in [0.1, 0.15) is 30.1 Å². The van der Waals surface area contributed by atoms with Crippen molar-refractivity contribution >= 4 is 11.9 Å². The molecule has 19 heavy (non-hydrogen) atoms. The number of ether oxygens (including phenoxy) is 1. The van der Waals surface area contributed by atoms with Crippen LogP contribution in [-0.2, 0) is 27.8 Å². The van der Waals surface area contributed by atoms with Gasteiger partial charge < -0.3 is 15.2 Å². The van der Waals surface area contributed by atoms with Gasteiger partial charge in [-0.2, -0.15) is 5.10 Å². The van der Waals surface area contributed by atoms with Gasteiger partial charge in [0.05, 0.1) is 12.2 Å². The van der Waals surface area contributed by atoms with Gasteiger partial charge in [-0.05, 0) is 19.3 Å². The summed E-state index contributed by atoms with van der Waals surface area (Å²) in [6, 6.07) is -0.0571. The number of aryl methyl sites for hydroxylation is 1. The molecular weight excluding hydrogens is 250 g/mol. The van der Waals surface area contributed by atoms with Gasteiger partial charge in [-0.3, -0.25) is 9.48 Å². The summed E-state index contributed by atoms with van der Waals surface area (Å²) in [6.07, 6.45) is 4.60. The summed E-state index contributed by atoms with van der Waals surface area (Å²) in [7, 11) is 1.89. The molecule has 1 aliphatic rings. The fraction of sp³-hybridized carbons (Fsp3) is 0.583. The lowest BCUT2D eigenvalue weighted by Gasteiger charge is -2.23. The molecular formula is C12H17N3O4. The summed E-state index contributed by atoms with van der Waals surface area (Å²) in [5.41, 5.74) is 2.18. The van der Waals surface area contributed by atoms with Crippen molar-refractivity contribution in [2.24, 2.45) is 7.05 Å². The number of nitrogens with one attached hydrogen (secondary N) is 1. The molecule has 1 unspecified atom stereocenters. The lowest BCUT2D eigenvalue weighted by atomic mass is 9.93. The predicted molar refractivity (Wildman–Crippen MR) is 65.5 cm³/mol. The smallest absolute Gasteiger partial charge is 0.329 e. The minimum atomic E-state index is -1.08. The number of aromatic nitrogens is 2. The van der Waals surface area contributed by atoms with E-state index in [1.807, 2.05) is 11.7 Å². The number of carboxylic acids is 1. The number of nitrogens with zero attached hydrogens (tertiary/aromatic N) is 2. The van der Waals surface area contributed by atoms with E-state index in [0.717, 1.165) is 30.5 Å². The van der Waals surface area contributed by atoms with E-state index in [4.69, 9.17) is 9.84 Å². The van der Waals surface area contributed by atoms with Gasteiger partial charge in [0.25, 0.3) is 0 Å². The Morgan fingerprint density at radius 2 is 2.37 bits per heavy atom. The van der Waals surface area contributed by atoms with Crippen LogP contribution in [0.15, 0.2) is 6.20 Å². The Balaban J connectivity index is 1.90. The normalized spacial score (nSPS) is 17.8. The SMILES string of the molecule is Cn1ncc2c1CCCC2NC(=O)COCC(=O)O. The summed E-state index contributed by atoms with van der Waals surface area (Å²) < 4.78 is 6.59. The van der Waals surface area contributed by atoms with Gasteiger partial charge in [-0.15, -0.1) is 0 Å². The van der Waals surface area contributed by atoms with E-state index in [9.17, 15) is 9.59 Å². The van der Waals surface area contributed by atoms with Gasteiger partial charge in [0.2, 0.25) is 5.91 Å². The Bertz CT molecular complexity index is 483. The number of fused-ring (bicyclic) bond motifs is 1. The van der Waals surface area contributed by atoms with E-state index in [-0.39, 0.29) is 18.6 Å². The van der Waals surface area contributed by atoms with Crippen LogP contribution in [0, 0.1) is 0 Å². The largest absolute Gasteiger partial charge is 0.480 e. The molecule has 2 rings (SSSR count). The Kier molecular flexibility index (Phi) is 4.16. The number of carboxylic acid groups (broad SMARTS) is 1. The van der Waals surface area contributed by atoms with Gasteiger partial charge >= 0.3 is 5.97 Å². The predicted octanol–water partition coefficient (Wildman–Crippen LogP) is 0.0149. The minimum Gasteiger partial charge on any atom is -0.480 e. The summed E-state index contributed by atoms with van der Waals surface area (Å²) >= 11 is 0. The second-order valence-electron chi connectivity index (χ2n) is 4.57. The average Bonchev–Trinajstić information content (AvgIpc) is 2.72. The highest BCUT2D eigenvalue weighted by atomic mass is 16.5. The number of hydrogen-bond acceptors (Lipinski definition) is 4. The van der Waals surface area contributed by atoms with E-state index in [0.29, 0.717) is 0 Å². The van der Waals surface area contributed by atoms with E-state index in [2.05, 4.69) is 10.4 Å². The van der Waals surface area contributed by atoms with Gasteiger partial charge in [-0.1, -0.05) is 0 Å². The molecule has 1 amide bonds. The highest BCUT2D eigenvalue weighted by molar-refractivity contribution is 5.78. The molecule has 1 aromatic rings. The van der Waals surface area contributed by atoms with Gasteiger partial charge in [-0.25, -0.2) is 4.79 Å². The van der Waals surface area contributed by atoms with Crippen LogP contribution in [-0.4, -0.2) is 40.0 Å². The lowest BCUT2D eigenvalue weighted by molar-refractivity contribution is -0.143. The summed E-state index contributed by atoms with van der Waals surface area (Å²) in [6.45, 7) is -0.700. The number of aliphatic carboxylic acids is 1. The lowest BCUT2D eigenvalue weighted by Crippen LogP contribution is -2.34. The van der Waals surface area contributed by atoms with Gasteiger partial charge in [0.15, 0.2) is 0 Å². The standard InChI is InChI=1S/C12H17N3O4/c1-15-10-4-2-3-9(8(10)5-13-15)14-11(16)6-19-7-12(17)18/h5,9H,2-4,6-7H2,1H3,(H,14,16)(H,17,18). The van der Waals surface area contributed by atoms with E-state index >= 15 is 0 Å². The summed E-state index contributed by atoms with van der Waals surface area (Å²) in [5.74, 6) is -1.39. The maximum Gasteiger partial charge on any atom is 0.329 e. The molecule has 7 nitrogen and oxygen atoms in total. The fourth-order valence-electron chi connectivity index (χ4n) is 2.32. The van der Waals surface area contributed by atoms with Crippen LogP contribution in [0.2, 0.25) is 0 Å². The first-order valence-corrected chi connectivity index (χ1v) is 6.17. The van der Waals surface area contributed by atoms with Crippen molar-refractivity contribution in [3.8, 4) is 0 Å². The van der Waals surface area contributed by atoms with Crippen LogP contribution >= 0.6 is 0 Å². The molecule has 1 heterocycles. The number of hydrogen-bond donors (Lipinski definition) is 2. The van der Waals surface area contributed by atoms with Crippen molar-refractivity contribution in [1.29, 1.82) is 0 Å². The van der Waals surface area contributed by atoms with Crippen LogP contribution in [0.4, 0.5) is 0 Å². The molecule has 1 atom stereocenters. The number of amides is 1. The van der Waals surface area contributed by atoms with Crippen LogP contribution in [0.25, 0.3) is 0 Å². The molecule has 7 heteroatoms. The van der Waals surface area contributed by atoms with Crippen LogP contribution in [0.3, 0.4) is 0 Å². The average molecular weight is 267 g/mol. The Hall–Kier alpha value is -1.89. The highest BCUT2D eigenvalue weighted by Gasteiger charge is 2.24. The molecule has 0 aliphatic heterocycles. The van der Waals surface area contributed by atoms with E-state index < -0.39 is 12.6 Å². The van der Waals surface area contributed by atoms with Crippen molar-refractivity contribution in [3.05, 3.63) is 17.5 Å². The molecule has 0 saturated heterocycles. The molecule has 1 aromatic heterocycles. The zero-order chi connectivity index (χ0) is 13.8. The van der Waals surface area contributed by atoms with Gasteiger partial charge in [0.1, 0.15) is 13.2 Å². The quantitative estimate of drug-likeness (QED) is 0.784. The topological polar surface area (TPSA) is 93.5 Å². The molecule has 0 radical (unpaired) electrons. The molecule has 0 aromatic carbocycles. The summed E-state index contributed by atoms with van der Waals surface area (Å²) in [4.78, 5) is 21.9. The van der Waals surface area contributed by atoms with Gasteiger partial charge in [0, 0.05) is 18.3 Å². The van der Waals surface area contributed by atoms with Crippen molar-refractivity contribution in [3.63, 3.8) is 0 Å². The maximum absolute atomic E-state index is 11.7. The third-order valence-corrected chi connectivity index (χ3v) is 3.17. The van der Waals surface area contributed by atoms with E-state index in [1.54, 1.807) is 6.20 Å². The molecule has 104 valence electrons. The first kappa shape index (κ1) is 13.5. The Labute approximate surface area is 110 Å². The van der Waals surface area contributed by atoms with E-state index in [1.165, 1.54) is 0 Å². The number of rotatable bonds is 5. The molecule has 0 fully saturated rings. The molecule has 0 saturated carbocycles. The second kappa shape index (κ2) is 5.83. The minimum absolute atomic E-state index is 0.0571. The number of carbonyl (C=O) groups is 2. The zero-order valence-corrected chi connectivity index (χ0v) is 10.8. The van der Waals surface area contributed by atoms with Crippen molar-refractivity contribution < 1.29 is 19.4 Å². The maximum atomic E-state index is 11.7. The summed E-state index contributed by atoms with van der Waals surface area (Å²) in [5, 5.41) is 15.5. The number of carbonyl (C=O) groups excluding carboxylic acids is 1. The molecule has 2 N–H and O–H groups in total. The molecule has 0 spiro atoms. The Morgan fingerprint density at radius 1 is 1.58 bits per heavy atom. The van der Waals surface area contributed by atoms with Crippen molar-refractivity contribution in [2.75, 3.05) is 13.2 Å². The second-order valence-corrected chi connectivity index (χ2v) is 4.57. The first-order chi connectivity index (χ1) is 9.08. The molecule has 0 bridgehead atoms. The van der Waals surface area contributed by atoms with Crippen LogP contribution < -0.4 is 5.32 Å². The fourth-order valence-corrected chi connectivity index (χ4v) is 2.32. The Morgan fingerprint density at radius 3 is 3.11 bits per heavy atom. The zero-order valence-electron chi connectivity index (χ0n) is 10.8.